The molecule has 0 radical (unpaired) electrons. The molecule has 1 saturated heterocycles. The Hall–Kier alpha value is -2.08. The number of benzene rings is 1. The molecular weight excluding hydrogens is 350 g/mol. The van der Waals surface area contributed by atoms with Crippen molar-refractivity contribution < 1.29 is 18.1 Å². The Balaban J connectivity index is 1.61. The summed E-state index contributed by atoms with van der Waals surface area (Å²) in [5.74, 6) is 0. The molecule has 1 aliphatic rings. The second kappa shape index (κ2) is 7.44. The van der Waals surface area contributed by atoms with E-state index in [-0.39, 0.29) is 17.4 Å². The van der Waals surface area contributed by atoms with Crippen LogP contribution in [0.3, 0.4) is 0 Å². The van der Waals surface area contributed by atoms with E-state index < -0.39 is 14.9 Å². The monoisotopic (exact) mass is 369 g/mol. The number of nitro groups is 1. The Morgan fingerprint density at radius 2 is 2.12 bits per heavy atom. The molecule has 1 fully saturated rings. The van der Waals surface area contributed by atoms with Gasteiger partial charge in [-0.15, -0.1) is 0 Å². The number of imidazole rings is 1. The summed E-state index contributed by atoms with van der Waals surface area (Å²) in [7, 11) is -3.79. The molecule has 1 aromatic carbocycles. The molecule has 0 atom stereocenters. The van der Waals surface area contributed by atoms with Gasteiger partial charge in [0.25, 0.3) is 15.7 Å². The van der Waals surface area contributed by atoms with Gasteiger partial charge in [-0.2, -0.15) is 0 Å². The van der Waals surface area contributed by atoms with Crippen molar-refractivity contribution in [1.29, 1.82) is 0 Å². The van der Waals surface area contributed by atoms with Gasteiger partial charge >= 0.3 is 0 Å². The van der Waals surface area contributed by atoms with Crippen molar-refractivity contribution in [2.45, 2.75) is 11.6 Å². The van der Waals surface area contributed by atoms with E-state index >= 15 is 0 Å². The standard InChI is InChI=1S/C14H19N5O5S/c20-19(21)11-2-3-12-13(10-11)17-14(16-12)25(22,23)15-4-1-5-18-6-8-24-9-7-18/h2-3,10,15H,1,4-9H2,(H,16,17). The van der Waals surface area contributed by atoms with Gasteiger partial charge in [-0.3, -0.25) is 15.0 Å². The van der Waals surface area contributed by atoms with Crippen LogP contribution in [-0.2, 0) is 14.8 Å². The number of nitro benzene ring substituents is 1. The Labute approximate surface area is 144 Å². The maximum atomic E-state index is 12.3. The molecule has 0 spiro atoms. The van der Waals surface area contributed by atoms with E-state index in [1.165, 1.54) is 18.2 Å². The zero-order valence-electron chi connectivity index (χ0n) is 13.5. The van der Waals surface area contributed by atoms with Gasteiger partial charge in [0.1, 0.15) is 0 Å². The Morgan fingerprint density at radius 3 is 2.84 bits per heavy atom. The highest BCUT2D eigenvalue weighted by Crippen LogP contribution is 2.20. The van der Waals surface area contributed by atoms with Crippen LogP contribution in [-0.4, -0.2) is 67.6 Å². The zero-order chi connectivity index (χ0) is 17.9. The number of aromatic nitrogens is 2. The minimum Gasteiger partial charge on any atom is -0.379 e. The third kappa shape index (κ3) is 4.31. The molecule has 0 saturated carbocycles. The number of non-ortho nitro benzene ring substituents is 1. The summed E-state index contributed by atoms with van der Waals surface area (Å²) in [6.45, 7) is 4.20. The largest absolute Gasteiger partial charge is 0.379 e. The topological polar surface area (TPSA) is 130 Å². The fraction of sp³-hybridized carbons (Fsp3) is 0.500. The Kier molecular flexibility index (Phi) is 5.27. The maximum Gasteiger partial charge on any atom is 0.274 e. The average molecular weight is 369 g/mol. The first-order valence-corrected chi connectivity index (χ1v) is 9.38. The van der Waals surface area contributed by atoms with E-state index in [1.54, 1.807) is 0 Å². The van der Waals surface area contributed by atoms with Crippen LogP contribution in [0.4, 0.5) is 5.69 Å². The fourth-order valence-electron chi connectivity index (χ4n) is 2.62. The van der Waals surface area contributed by atoms with Gasteiger partial charge in [0.2, 0.25) is 5.16 Å². The molecule has 2 aromatic rings. The van der Waals surface area contributed by atoms with E-state index in [0.29, 0.717) is 30.7 Å². The molecule has 0 bridgehead atoms. The van der Waals surface area contributed by atoms with Crippen LogP contribution in [0.1, 0.15) is 6.42 Å². The number of fused-ring (bicyclic) bond motifs is 1. The first-order chi connectivity index (χ1) is 12.0. The van der Waals surface area contributed by atoms with Crippen LogP contribution in [0.5, 0.6) is 0 Å². The summed E-state index contributed by atoms with van der Waals surface area (Å²) >= 11 is 0. The normalized spacial score (nSPS) is 16.3. The molecule has 11 heteroatoms. The Bertz CT molecular complexity index is 860. The number of nitrogens with zero attached hydrogens (tertiary/aromatic N) is 3. The fourth-order valence-corrected chi connectivity index (χ4v) is 3.63. The van der Waals surface area contributed by atoms with Crippen molar-refractivity contribution in [3.05, 3.63) is 28.3 Å². The summed E-state index contributed by atoms with van der Waals surface area (Å²) < 4.78 is 32.4. The summed E-state index contributed by atoms with van der Waals surface area (Å²) in [4.78, 5) is 19.1. The molecule has 0 unspecified atom stereocenters. The number of H-pyrrole nitrogens is 1. The quantitative estimate of drug-likeness (QED) is 0.412. The number of morpholine rings is 1. The molecule has 0 amide bonds. The van der Waals surface area contributed by atoms with Crippen LogP contribution in [0, 0.1) is 10.1 Å². The number of sulfonamides is 1. The lowest BCUT2D eigenvalue weighted by Crippen LogP contribution is -2.38. The summed E-state index contributed by atoms with van der Waals surface area (Å²) in [6.07, 6.45) is 0.672. The molecule has 3 rings (SSSR count). The molecule has 0 aliphatic carbocycles. The summed E-state index contributed by atoms with van der Waals surface area (Å²) in [5.41, 5.74) is 0.542. The molecular formula is C14H19N5O5S. The van der Waals surface area contributed by atoms with Gasteiger partial charge in [0.05, 0.1) is 29.2 Å². The SMILES string of the molecule is O=[N+]([O-])c1ccc2nc(S(=O)(=O)NCCCN3CCOCC3)[nH]c2c1. The van der Waals surface area contributed by atoms with Gasteiger partial charge in [-0.1, -0.05) is 0 Å². The van der Waals surface area contributed by atoms with Gasteiger partial charge < -0.3 is 9.72 Å². The first-order valence-electron chi connectivity index (χ1n) is 7.90. The minimum absolute atomic E-state index is 0.126. The van der Waals surface area contributed by atoms with Crippen molar-refractivity contribution in [3.8, 4) is 0 Å². The van der Waals surface area contributed by atoms with E-state index in [2.05, 4.69) is 19.6 Å². The van der Waals surface area contributed by atoms with Crippen molar-refractivity contribution >= 4 is 26.7 Å². The average Bonchev–Trinajstić information content (AvgIpc) is 3.04. The number of ether oxygens (including phenoxy) is 1. The second-order valence-electron chi connectivity index (χ2n) is 5.71. The summed E-state index contributed by atoms with van der Waals surface area (Å²) in [6, 6.07) is 3.97. The highest BCUT2D eigenvalue weighted by atomic mass is 32.2. The third-order valence-electron chi connectivity index (χ3n) is 3.96. The highest BCUT2D eigenvalue weighted by Gasteiger charge is 2.20. The third-order valence-corrected chi connectivity index (χ3v) is 5.24. The van der Waals surface area contributed by atoms with Crippen molar-refractivity contribution in [1.82, 2.24) is 19.6 Å². The first kappa shape index (κ1) is 17.7. The van der Waals surface area contributed by atoms with Crippen LogP contribution in [0.25, 0.3) is 11.0 Å². The molecule has 1 aromatic heterocycles. The van der Waals surface area contributed by atoms with Crippen LogP contribution < -0.4 is 4.72 Å². The van der Waals surface area contributed by atoms with Crippen molar-refractivity contribution in [2.75, 3.05) is 39.4 Å². The van der Waals surface area contributed by atoms with Gasteiger partial charge in [-0.05, 0) is 19.0 Å². The lowest BCUT2D eigenvalue weighted by molar-refractivity contribution is -0.384. The van der Waals surface area contributed by atoms with Gasteiger partial charge in [-0.25, -0.2) is 18.1 Å². The van der Waals surface area contributed by atoms with Gasteiger partial charge in [0, 0.05) is 31.8 Å². The Morgan fingerprint density at radius 1 is 1.36 bits per heavy atom. The van der Waals surface area contributed by atoms with Crippen LogP contribution >= 0.6 is 0 Å². The molecule has 136 valence electrons. The predicted octanol–water partition coefficient (Wildman–Crippen LogP) is 0.472. The van der Waals surface area contributed by atoms with Crippen molar-refractivity contribution in [2.24, 2.45) is 0 Å². The highest BCUT2D eigenvalue weighted by molar-refractivity contribution is 7.89. The molecule has 10 nitrogen and oxygen atoms in total. The van der Waals surface area contributed by atoms with E-state index in [1.807, 2.05) is 0 Å². The van der Waals surface area contributed by atoms with Crippen LogP contribution in [0.15, 0.2) is 23.4 Å². The van der Waals surface area contributed by atoms with Crippen LogP contribution in [0.2, 0.25) is 0 Å². The number of rotatable bonds is 7. The number of hydrogen-bond acceptors (Lipinski definition) is 7. The maximum absolute atomic E-state index is 12.3. The lowest BCUT2D eigenvalue weighted by Gasteiger charge is -2.26. The minimum atomic E-state index is -3.79. The molecule has 2 N–H and O–H groups in total. The number of aromatic amines is 1. The second-order valence-corrected chi connectivity index (χ2v) is 7.39. The predicted molar refractivity (Wildman–Crippen MR) is 89.8 cm³/mol. The van der Waals surface area contributed by atoms with E-state index in [9.17, 15) is 18.5 Å². The smallest absolute Gasteiger partial charge is 0.274 e. The van der Waals surface area contributed by atoms with Gasteiger partial charge in [0.15, 0.2) is 0 Å². The molecule has 25 heavy (non-hydrogen) atoms. The zero-order valence-corrected chi connectivity index (χ0v) is 14.3. The number of hydrogen-bond donors (Lipinski definition) is 2. The summed E-state index contributed by atoms with van der Waals surface area (Å²) in [5, 5.41) is 10.5. The number of nitrogens with one attached hydrogen (secondary N) is 2. The molecule has 2 heterocycles. The van der Waals surface area contributed by atoms with E-state index in [4.69, 9.17) is 4.74 Å². The van der Waals surface area contributed by atoms with Crippen molar-refractivity contribution in [3.63, 3.8) is 0 Å². The lowest BCUT2D eigenvalue weighted by atomic mass is 10.3. The van der Waals surface area contributed by atoms with E-state index in [0.717, 1.165) is 19.6 Å². The molecule has 1 aliphatic heterocycles.